The van der Waals surface area contributed by atoms with Gasteiger partial charge < -0.3 is 21.5 Å². The number of nitrogen functional groups attached to an aromatic ring is 1. The summed E-state index contributed by atoms with van der Waals surface area (Å²) >= 11 is 0. The molecule has 0 saturated carbocycles. The molecular formula is C14H21N3O3. The second-order valence-electron chi connectivity index (χ2n) is 4.63. The van der Waals surface area contributed by atoms with E-state index in [2.05, 4.69) is 10.6 Å². The van der Waals surface area contributed by atoms with E-state index in [-0.39, 0.29) is 23.9 Å². The zero-order valence-electron chi connectivity index (χ0n) is 11.8. The molecule has 0 fully saturated rings. The van der Waals surface area contributed by atoms with Gasteiger partial charge in [-0.3, -0.25) is 4.79 Å². The van der Waals surface area contributed by atoms with Crippen LogP contribution in [-0.2, 0) is 4.79 Å². The van der Waals surface area contributed by atoms with Crippen molar-refractivity contribution >= 4 is 23.3 Å². The summed E-state index contributed by atoms with van der Waals surface area (Å²) < 4.78 is 0. The van der Waals surface area contributed by atoms with Crippen LogP contribution in [0.25, 0.3) is 0 Å². The lowest BCUT2D eigenvalue weighted by molar-refractivity contribution is -0.121. The molecule has 0 aliphatic rings. The van der Waals surface area contributed by atoms with E-state index < -0.39 is 5.97 Å². The number of para-hydroxylation sites is 1. The van der Waals surface area contributed by atoms with Crippen molar-refractivity contribution in [1.29, 1.82) is 0 Å². The zero-order chi connectivity index (χ0) is 15.1. The molecule has 1 aromatic rings. The Morgan fingerprint density at radius 1 is 1.40 bits per heavy atom. The van der Waals surface area contributed by atoms with Crippen molar-refractivity contribution in [3.05, 3.63) is 23.8 Å². The fourth-order valence-electron chi connectivity index (χ4n) is 1.70. The van der Waals surface area contributed by atoms with Gasteiger partial charge >= 0.3 is 5.97 Å². The first-order valence-electron chi connectivity index (χ1n) is 6.60. The molecule has 0 aliphatic carbocycles. The van der Waals surface area contributed by atoms with Gasteiger partial charge in [-0.1, -0.05) is 13.0 Å². The minimum absolute atomic E-state index is 0.0711. The summed E-state index contributed by atoms with van der Waals surface area (Å²) in [4.78, 5) is 22.7. The average Bonchev–Trinajstić information content (AvgIpc) is 2.40. The molecule has 6 heteroatoms. The van der Waals surface area contributed by atoms with Crippen molar-refractivity contribution in [2.24, 2.45) is 0 Å². The Bertz CT molecular complexity index is 489. The van der Waals surface area contributed by atoms with Crippen LogP contribution in [-0.4, -0.2) is 29.6 Å². The molecule has 0 saturated heterocycles. The van der Waals surface area contributed by atoms with E-state index in [0.717, 1.165) is 6.42 Å². The highest BCUT2D eigenvalue weighted by Gasteiger charge is 2.12. The Morgan fingerprint density at radius 2 is 2.10 bits per heavy atom. The summed E-state index contributed by atoms with van der Waals surface area (Å²) in [6, 6.07) is 4.81. The van der Waals surface area contributed by atoms with Crippen LogP contribution < -0.4 is 16.4 Å². The summed E-state index contributed by atoms with van der Waals surface area (Å²) in [6.45, 7) is 4.26. The van der Waals surface area contributed by atoms with Gasteiger partial charge in [-0.25, -0.2) is 4.79 Å². The van der Waals surface area contributed by atoms with Crippen LogP contribution >= 0.6 is 0 Å². The van der Waals surface area contributed by atoms with Crippen molar-refractivity contribution < 1.29 is 14.7 Å². The standard InChI is InChI=1S/C14H21N3O3/c1-3-9(2)17-12(18)7-8-16-13-10(14(19)20)5-4-6-11(13)15/h4-6,9,16H,3,7-8,15H2,1-2H3,(H,17,18)(H,19,20). The molecule has 20 heavy (non-hydrogen) atoms. The fourth-order valence-corrected chi connectivity index (χ4v) is 1.70. The van der Waals surface area contributed by atoms with Gasteiger partial charge in [0.1, 0.15) is 0 Å². The molecule has 1 amide bonds. The average molecular weight is 279 g/mol. The third-order valence-electron chi connectivity index (χ3n) is 3.00. The smallest absolute Gasteiger partial charge is 0.337 e. The van der Waals surface area contributed by atoms with E-state index in [1.807, 2.05) is 13.8 Å². The van der Waals surface area contributed by atoms with Crippen LogP contribution in [0.3, 0.4) is 0 Å². The normalized spacial score (nSPS) is 11.7. The van der Waals surface area contributed by atoms with Gasteiger partial charge in [-0.2, -0.15) is 0 Å². The van der Waals surface area contributed by atoms with E-state index in [0.29, 0.717) is 17.9 Å². The van der Waals surface area contributed by atoms with E-state index >= 15 is 0 Å². The maximum absolute atomic E-state index is 11.6. The molecule has 0 heterocycles. The summed E-state index contributed by atoms with van der Waals surface area (Å²) in [5.74, 6) is -1.12. The topological polar surface area (TPSA) is 104 Å². The lowest BCUT2D eigenvalue weighted by Gasteiger charge is -2.14. The molecule has 1 aromatic carbocycles. The number of aromatic carboxylic acids is 1. The monoisotopic (exact) mass is 279 g/mol. The van der Waals surface area contributed by atoms with Gasteiger partial charge in [0.15, 0.2) is 0 Å². The Balaban J connectivity index is 2.58. The molecule has 0 aromatic heterocycles. The molecule has 6 nitrogen and oxygen atoms in total. The summed E-state index contributed by atoms with van der Waals surface area (Å²) in [7, 11) is 0. The first-order valence-corrected chi connectivity index (χ1v) is 6.60. The number of benzene rings is 1. The Kier molecular flexibility index (Phi) is 5.83. The number of rotatable bonds is 7. The highest BCUT2D eigenvalue weighted by atomic mass is 16.4. The van der Waals surface area contributed by atoms with Crippen molar-refractivity contribution in [3.8, 4) is 0 Å². The molecule has 5 N–H and O–H groups in total. The summed E-state index contributed by atoms with van der Waals surface area (Å²) in [5.41, 5.74) is 6.57. The maximum atomic E-state index is 11.6. The summed E-state index contributed by atoms with van der Waals surface area (Å²) in [6.07, 6.45) is 1.13. The Labute approximate surface area is 118 Å². The molecule has 0 bridgehead atoms. The number of nitrogens with one attached hydrogen (secondary N) is 2. The predicted octanol–water partition coefficient (Wildman–Crippen LogP) is 1.68. The molecule has 0 radical (unpaired) electrons. The molecule has 1 unspecified atom stereocenters. The maximum Gasteiger partial charge on any atom is 0.337 e. The third-order valence-corrected chi connectivity index (χ3v) is 3.00. The first-order chi connectivity index (χ1) is 9.45. The van der Waals surface area contributed by atoms with Gasteiger partial charge in [0, 0.05) is 19.0 Å². The number of carboxylic acid groups (broad SMARTS) is 1. The Morgan fingerprint density at radius 3 is 2.70 bits per heavy atom. The molecule has 0 spiro atoms. The minimum atomic E-state index is -1.05. The van der Waals surface area contributed by atoms with Crippen molar-refractivity contribution in [3.63, 3.8) is 0 Å². The summed E-state index contributed by atoms with van der Waals surface area (Å²) in [5, 5.41) is 14.8. The van der Waals surface area contributed by atoms with E-state index in [1.54, 1.807) is 12.1 Å². The number of carbonyl (C=O) groups is 2. The van der Waals surface area contributed by atoms with E-state index in [1.165, 1.54) is 6.07 Å². The molecule has 1 rings (SSSR count). The van der Waals surface area contributed by atoms with Crippen molar-refractivity contribution in [1.82, 2.24) is 5.32 Å². The zero-order valence-corrected chi connectivity index (χ0v) is 11.8. The van der Waals surface area contributed by atoms with Gasteiger partial charge in [-0.05, 0) is 25.5 Å². The van der Waals surface area contributed by atoms with Crippen LogP contribution in [0.1, 0.15) is 37.0 Å². The molecule has 0 aliphatic heterocycles. The number of anilines is 2. The lowest BCUT2D eigenvalue weighted by atomic mass is 10.1. The van der Waals surface area contributed by atoms with Crippen LogP contribution in [0.4, 0.5) is 11.4 Å². The molecule has 110 valence electrons. The number of amides is 1. The number of hydrogen-bond donors (Lipinski definition) is 4. The number of carbonyl (C=O) groups excluding carboxylic acids is 1. The lowest BCUT2D eigenvalue weighted by Crippen LogP contribution is -2.33. The largest absolute Gasteiger partial charge is 0.478 e. The highest BCUT2D eigenvalue weighted by molar-refractivity contribution is 5.97. The molecular weight excluding hydrogens is 258 g/mol. The second kappa shape index (κ2) is 7.37. The second-order valence-corrected chi connectivity index (χ2v) is 4.63. The van der Waals surface area contributed by atoms with E-state index in [9.17, 15) is 9.59 Å². The number of nitrogens with two attached hydrogens (primary N) is 1. The Hall–Kier alpha value is -2.24. The van der Waals surface area contributed by atoms with Gasteiger partial charge in [0.05, 0.1) is 16.9 Å². The predicted molar refractivity (Wildman–Crippen MR) is 78.8 cm³/mol. The highest BCUT2D eigenvalue weighted by Crippen LogP contribution is 2.23. The van der Waals surface area contributed by atoms with E-state index in [4.69, 9.17) is 10.8 Å². The first kappa shape index (κ1) is 15.8. The SMILES string of the molecule is CCC(C)NC(=O)CCNc1c(N)cccc1C(=O)O. The fraction of sp³-hybridized carbons (Fsp3) is 0.429. The van der Waals surface area contributed by atoms with Crippen LogP contribution in [0.2, 0.25) is 0 Å². The third kappa shape index (κ3) is 4.46. The van der Waals surface area contributed by atoms with Crippen molar-refractivity contribution in [2.45, 2.75) is 32.7 Å². The minimum Gasteiger partial charge on any atom is -0.478 e. The number of carboxylic acids is 1. The van der Waals surface area contributed by atoms with Gasteiger partial charge in [-0.15, -0.1) is 0 Å². The van der Waals surface area contributed by atoms with Crippen LogP contribution in [0, 0.1) is 0 Å². The van der Waals surface area contributed by atoms with Crippen molar-refractivity contribution in [2.75, 3.05) is 17.6 Å². The quantitative estimate of drug-likeness (QED) is 0.568. The number of hydrogen-bond acceptors (Lipinski definition) is 4. The van der Waals surface area contributed by atoms with Crippen LogP contribution in [0.15, 0.2) is 18.2 Å². The van der Waals surface area contributed by atoms with Crippen LogP contribution in [0.5, 0.6) is 0 Å². The van der Waals surface area contributed by atoms with Gasteiger partial charge in [0.25, 0.3) is 0 Å². The molecule has 1 atom stereocenters. The van der Waals surface area contributed by atoms with Gasteiger partial charge in [0.2, 0.25) is 5.91 Å².